The third-order valence-corrected chi connectivity index (χ3v) is 4.85. The van der Waals surface area contributed by atoms with E-state index in [0.717, 1.165) is 0 Å². The zero-order valence-electron chi connectivity index (χ0n) is 23.6. The van der Waals surface area contributed by atoms with E-state index in [1.807, 2.05) is 41.5 Å². The number of carbonyl (C=O) groups is 4. The van der Waals surface area contributed by atoms with Crippen LogP contribution < -0.4 is 15.2 Å². The molecule has 0 saturated carbocycles. The van der Waals surface area contributed by atoms with Crippen LogP contribution in [-0.4, -0.2) is 56.7 Å². The van der Waals surface area contributed by atoms with Crippen molar-refractivity contribution in [2.24, 2.45) is 16.6 Å². The van der Waals surface area contributed by atoms with E-state index in [2.05, 4.69) is 0 Å². The molecule has 38 heavy (non-hydrogen) atoms. The molecule has 11 nitrogen and oxygen atoms in total. The van der Waals surface area contributed by atoms with Gasteiger partial charge in [-0.25, -0.2) is 9.59 Å². The molecule has 0 aromatic heterocycles. The Kier molecular flexibility index (Phi) is 12.0. The van der Waals surface area contributed by atoms with Crippen molar-refractivity contribution in [2.45, 2.75) is 73.3 Å². The van der Waals surface area contributed by atoms with Crippen LogP contribution in [0.3, 0.4) is 0 Å². The summed E-state index contributed by atoms with van der Waals surface area (Å²) in [5.41, 5.74) is 4.66. The van der Waals surface area contributed by atoms with Gasteiger partial charge in [0, 0.05) is 19.3 Å². The van der Waals surface area contributed by atoms with E-state index >= 15 is 0 Å². The normalized spacial score (nSPS) is 13.1. The molecule has 1 rings (SSSR count). The summed E-state index contributed by atoms with van der Waals surface area (Å²) in [6.45, 7) is 13.0. The number of nitrogens with two attached hydrogens (primary N) is 1. The first kappa shape index (κ1) is 32.7. The number of carbonyl (C=O) groups excluding carboxylic acids is 4. The van der Waals surface area contributed by atoms with Crippen LogP contribution in [0.2, 0.25) is 0 Å². The minimum Gasteiger partial charge on any atom is -0.468 e. The van der Waals surface area contributed by atoms with Gasteiger partial charge < -0.3 is 34.2 Å². The van der Waals surface area contributed by atoms with Crippen LogP contribution in [0.1, 0.15) is 66.9 Å². The van der Waals surface area contributed by atoms with Crippen molar-refractivity contribution in [2.75, 3.05) is 26.9 Å². The minimum atomic E-state index is -1.55. The van der Waals surface area contributed by atoms with Crippen LogP contribution in [-0.2, 0) is 35.0 Å². The van der Waals surface area contributed by atoms with Gasteiger partial charge in [0.15, 0.2) is 11.5 Å². The van der Waals surface area contributed by atoms with Crippen LogP contribution in [0.15, 0.2) is 18.2 Å². The van der Waals surface area contributed by atoms with Gasteiger partial charge in [0.05, 0.1) is 26.9 Å². The topological polar surface area (TPSA) is 150 Å². The molecular formula is C27H41NO10. The Bertz CT molecular complexity index is 977. The van der Waals surface area contributed by atoms with Crippen LogP contribution in [0.25, 0.3) is 0 Å². The molecular weight excluding hydrogens is 498 g/mol. The predicted octanol–water partition coefficient (Wildman–Crippen LogP) is 4.57. The van der Waals surface area contributed by atoms with Crippen LogP contribution >= 0.6 is 0 Å². The molecule has 214 valence electrons. The molecule has 0 aliphatic carbocycles. The molecule has 0 fully saturated rings. The number of esters is 2. The molecule has 0 spiro atoms. The molecule has 2 N–H and O–H groups in total. The largest absolute Gasteiger partial charge is 0.513 e. The summed E-state index contributed by atoms with van der Waals surface area (Å²) < 4.78 is 30.8. The first-order valence-corrected chi connectivity index (χ1v) is 12.3. The van der Waals surface area contributed by atoms with Gasteiger partial charge in [-0.05, 0) is 28.5 Å². The zero-order chi connectivity index (χ0) is 29.1. The highest BCUT2D eigenvalue weighted by Crippen LogP contribution is 2.31. The third kappa shape index (κ3) is 12.3. The smallest absolute Gasteiger partial charge is 0.468 e. The number of benzene rings is 1. The Morgan fingerprint density at radius 3 is 1.82 bits per heavy atom. The molecule has 0 unspecified atom stereocenters. The number of hydrogen-bond acceptors (Lipinski definition) is 11. The van der Waals surface area contributed by atoms with Gasteiger partial charge in [-0.3, -0.25) is 9.59 Å². The highest BCUT2D eigenvalue weighted by atomic mass is 16.7. The fourth-order valence-electron chi connectivity index (χ4n) is 2.90. The lowest BCUT2D eigenvalue weighted by Crippen LogP contribution is -2.51. The molecule has 0 saturated heterocycles. The maximum Gasteiger partial charge on any atom is 0.513 e. The second-order valence-corrected chi connectivity index (χ2v) is 11.3. The summed E-state index contributed by atoms with van der Waals surface area (Å²) in [7, 11) is 1.20. The van der Waals surface area contributed by atoms with Gasteiger partial charge in [0.2, 0.25) is 0 Å². The average molecular weight is 540 g/mol. The Hall–Kier alpha value is -3.34. The van der Waals surface area contributed by atoms with Crippen molar-refractivity contribution in [3.05, 3.63) is 23.8 Å². The van der Waals surface area contributed by atoms with Crippen molar-refractivity contribution in [3.63, 3.8) is 0 Å². The van der Waals surface area contributed by atoms with Gasteiger partial charge in [0.25, 0.3) is 0 Å². The highest BCUT2D eigenvalue weighted by molar-refractivity contribution is 5.81. The number of ether oxygens (including phenoxy) is 6. The molecule has 0 radical (unpaired) electrons. The summed E-state index contributed by atoms with van der Waals surface area (Å²) in [4.78, 5) is 48.6. The lowest BCUT2D eigenvalue weighted by atomic mass is 9.88. The fraction of sp³-hybridized carbons (Fsp3) is 0.630. The summed E-state index contributed by atoms with van der Waals surface area (Å²) in [5, 5.41) is 0. The highest BCUT2D eigenvalue weighted by Gasteiger charge is 2.36. The molecule has 0 aliphatic rings. The summed E-state index contributed by atoms with van der Waals surface area (Å²) >= 11 is 0. The average Bonchev–Trinajstić information content (AvgIpc) is 2.81. The van der Waals surface area contributed by atoms with Gasteiger partial charge in [-0.15, -0.1) is 0 Å². The van der Waals surface area contributed by atoms with E-state index in [9.17, 15) is 19.2 Å². The Morgan fingerprint density at radius 2 is 1.34 bits per heavy atom. The third-order valence-electron chi connectivity index (χ3n) is 4.85. The van der Waals surface area contributed by atoms with E-state index < -0.39 is 29.8 Å². The quantitative estimate of drug-likeness (QED) is 0.239. The Morgan fingerprint density at radius 1 is 0.816 bits per heavy atom. The maximum atomic E-state index is 12.5. The van der Waals surface area contributed by atoms with E-state index in [1.165, 1.54) is 19.2 Å². The minimum absolute atomic E-state index is 0.0212. The lowest BCUT2D eigenvalue weighted by Gasteiger charge is -2.26. The fourth-order valence-corrected chi connectivity index (χ4v) is 2.90. The molecule has 1 atom stereocenters. The predicted molar refractivity (Wildman–Crippen MR) is 138 cm³/mol. The molecule has 0 bridgehead atoms. The number of rotatable bonds is 11. The summed E-state index contributed by atoms with van der Waals surface area (Å²) in [6.07, 6.45) is -1.90. The van der Waals surface area contributed by atoms with Crippen molar-refractivity contribution in [1.82, 2.24) is 0 Å². The van der Waals surface area contributed by atoms with Crippen molar-refractivity contribution < 1.29 is 47.6 Å². The Balaban J connectivity index is 3.21. The maximum absolute atomic E-state index is 12.5. The molecule has 0 aliphatic heterocycles. The van der Waals surface area contributed by atoms with Crippen LogP contribution in [0, 0.1) is 10.8 Å². The molecule has 1 aromatic rings. The van der Waals surface area contributed by atoms with Crippen LogP contribution in [0.5, 0.6) is 11.5 Å². The van der Waals surface area contributed by atoms with E-state index in [4.69, 9.17) is 34.2 Å². The van der Waals surface area contributed by atoms with Crippen molar-refractivity contribution >= 4 is 24.2 Å². The van der Waals surface area contributed by atoms with E-state index in [-0.39, 0.29) is 61.4 Å². The summed E-state index contributed by atoms with van der Waals surface area (Å²) in [6, 6.07) is 4.32. The van der Waals surface area contributed by atoms with Crippen molar-refractivity contribution in [3.8, 4) is 11.5 Å². The van der Waals surface area contributed by atoms with E-state index in [1.54, 1.807) is 13.0 Å². The van der Waals surface area contributed by atoms with Gasteiger partial charge in [-0.2, -0.15) is 0 Å². The lowest BCUT2D eigenvalue weighted by molar-refractivity contribution is -0.151. The second kappa shape index (κ2) is 14.0. The monoisotopic (exact) mass is 539 g/mol. The number of hydrogen-bond donors (Lipinski definition) is 1. The zero-order valence-corrected chi connectivity index (χ0v) is 23.6. The molecule has 0 heterocycles. The van der Waals surface area contributed by atoms with E-state index in [0.29, 0.717) is 5.56 Å². The van der Waals surface area contributed by atoms with Gasteiger partial charge >= 0.3 is 24.2 Å². The van der Waals surface area contributed by atoms with Gasteiger partial charge in [0.1, 0.15) is 5.54 Å². The first-order valence-electron chi connectivity index (χ1n) is 12.3. The Labute approximate surface area is 224 Å². The molecule has 1 aromatic carbocycles. The molecule has 11 heteroatoms. The SMILES string of the molecule is CCC(=O)OCC[C@@](N)(Cc1ccc(OC(=O)OCC(C)(C)C)c(OC(=O)OCC(C)(C)C)c1)C(=O)OC. The summed E-state index contributed by atoms with van der Waals surface area (Å²) in [5.74, 6) is -1.39. The number of methoxy groups -OCH3 is 1. The molecule has 0 amide bonds. The van der Waals surface area contributed by atoms with Gasteiger partial charge in [-0.1, -0.05) is 54.5 Å². The van der Waals surface area contributed by atoms with Crippen molar-refractivity contribution in [1.29, 1.82) is 0 Å². The van der Waals surface area contributed by atoms with Crippen LogP contribution in [0.4, 0.5) is 9.59 Å². The second-order valence-electron chi connectivity index (χ2n) is 11.3. The standard InChI is InChI=1S/C27H41NO10/c1-9-21(29)34-13-12-27(28,22(30)33-8)15-18-10-11-19(37-23(31)35-16-25(2,3)4)20(14-18)38-24(32)36-17-26(5,6)7/h10-11,14H,9,12-13,15-17,28H2,1-8H3/t27-/m1/s1. The first-order chi connectivity index (χ1) is 17.5.